The van der Waals surface area contributed by atoms with Crippen LogP contribution in [0.5, 0.6) is 0 Å². The maximum absolute atomic E-state index is 13.1. The Morgan fingerprint density at radius 2 is 1.76 bits per heavy atom. The summed E-state index contributed by atoms with van der Waals surface area (Å²) in [5.74, 6) is -0.00747. The number of hydrogen-bond donors (Lipinski definition) is 1. The van der Waals surface area contributed by atoms with E-state index in [1.54, 1.807) is 0 Å². The van der Waals surface area contributed by atoms with Crippen molar-refractivity contribution in [1.82, 2.24) is 9.97 Å². The first kappa shape index (κ1) is 19.3. The van der Waals surface area contributed by atoms with E-state index in [4.69, 9.17) is 4.74 Å². The Labute approximate surface area is 169 Å². The quantitative estimate of drug-likeness (QED) is 0.614. The molecule has 0 unspecified atom stereocenters. The number of nitrogens with zero attached hydrogens (tertiary/aromatic N) is 1. The lowest BCUT2D eigenvalue weighted by atomic mass is 9.90. The number of ketones is 2. The molecule has 0 atom stereocenters. The summed E-state index contributed by atoms with van der Waals surface area (Å²) in [6, 6.07) is 9.20. The number of benzene rings is 1. The van der Waals surface area contributed by atoms with E-state index in [2.05, 4.69) is 9.97 Å². The molecule has 1 N–H and O–H groups in total. The van der Waals surface area contributed by atoms with Gasteiger partial charge in [-0.2, -0.15) is 0 Å². The van der Waals surface area contributed by atoms with Gasteiger partial charge in [-0.05, 0) is 32.1 Å². The standard InChI is InChI=1S/C23H24N2O4/c26-18-12-7-13-19(29-16-10-5-2-6-11-16)20(18)21(27)17-14-24-22(25-23(17)28)15-8-3-1-4-9-15/h1,3-4,8-9,14,16H,2,5-7,10-13H2,(H,24,25,28). The normalized spacial score (nSPS) is 18.0. The SMILES string of the molecule is O=C1CCCC(OC2CCCCC2)=C1C(=O)c1cnc(-c2ccccc2)[nH]c1=O. The number of allylic oxidation sites excluding steroid dienone is 2. The zero-order valence-corrected chi connectivity index (χ0v) is 16.3. The van der Waals surface area contributed by atoms with Gasteiger partial charge in [0.25, 0.3) is 5.56 Å². The molecule has 1 fully saturated rings. The Morgan fingerprint density at radius 3 is 2.48 bits per heavy atom. The van der Waals surface area contributed by atoms with E-state index >= 15 is 0 Å². The molecule has 0 spiro atoms. The molecule has 1 heterocycles. The van der Waals surface area contributed by atoms with Crippen molar-refractivity contribution in [2.45, 2.75) is 57.5 Å². The number of ether oxygens (including phenoxy) is 1. The maximum atomic E-state index is 13.1. The number of nitrogens with one attached hydrogen (secondary N) is 1. The largest absolute Gasteiger partial charge is 0.494 e. The molecule has 150 valence electrons. The minimum absolute atomic E-state index is 0.0292. The molecule has 6 nitrogen and oxygen atoms in total. The summed E-state index contributed by atoms with van der Waals surface area (Å²) in [5.41, 5.74) is 0.103. The molecule has 4 rings (SSSR count). The highest BCUT2D eigenvalue weighted by Crippen LogP contribution is 2.30. The lowest BCUT2D eigenvalue weighted by Gasteiger charge is -2.27. The van der Waals surface area contributed by atoms with Gasteiger partial charge in [0.15, 0.2) is 5.78 Å². The van der Waals surface area contributed by atoms with Crippen LogP contribution in [-0.2, 0) is 9.53 Å². The van der Waals surface area contributed by atoms with Crippen LogP contribution in [0.4, 0.5) is 0 Å². The van der Waals surface area contributed by atoms with Gasteiger partial charge in [-0.3, -0.25) is 14.4 Å². The highest BCUT2D eigenvalue weighted by molar-refractivity contribution is 6.26. The predicted molar refractivity (Wildman–Crippen MR) is 108 cm³/mol. The van der Waals surface area contributed by atoms with Crippen LogP contribution in [0.15, 0.2) is 52.7 Å². The van der Waals surface area contributed by atoms with Crippen molar-refractivity contribution >= 4 is 11.6 Å². The summed E-state index contributed by atoms with van der Waals surface area (Å²) in [5, 5.41) is 0. The van der Waals surface area contributed by atoms with Gasteiger partial charge in [0.2, 0.25) is 5.78 Å². The number of hydrogen-bond acceptors (Lipinski definition) is 5. The third-order valence-corrected chi connectivity index (χ3v) is 5.54. The van der Waals surface area contributed by atoms with Crippen molar-refractivity contribution in [3.63, 3.8) is 0 Å². The molecule has 0 bridgehead atoms. The monoisotopic (exact) mass is 392 g/mol. The van der Waals surface area contributed by atoms with E-state index in [0.717, 1.165) is 31.2 Å². The topological polar surface area (TPSA) is 89.1 Å². The third-order valence-electron chi connectivity index (χ3n) is 5.54. The van der Waals surface area contributed by atoms with Crippen molar-refractivity contribution in [2.24, 2.45) is 0 Å². The van der Waals surface area contributed by atoms with Gasteiger partial charge in [0, 0.05) is 24.6 Å². The van der Waals surface area contributed by atoms with Crippen molar-refractivity contribution in [3.8, 4) is 11.4 Å². The highest BCUT2D eigenvalue weighted by atomic mass is 16.5. The van der Waals surface area contributed by atoms with Gasteiger partial charge < -0.3 is 9.72 Å². The van der Waals surface area contributed by atoms with Crippen molar-refractivity contribution in [2.75, 3.05) is 0 Å². The predicted octanol–water partition coefficient (Wildman–Crippen LogP) is 3.98. The first-order chi connectivity index (χ1) is 14.1. The van der Waals surface area contributed by atoms with E-state index in [1.165, 1.54) is 12.6 Å². The zero-order valence-electron chi connectivity index (χ0n) is 16.3. The molecule has 6 heteroatoms. The zero-order chi connectivity index (χ0) is 20.2. The second kappa shape index (κ2) is 8.55. The number of aromatic nitrogens is 2. The number of carbonyl (C=O) groups is 2. The first-order valence-corrected chi connectivity index (χ1v) is 10.3. The Balaban J connectivity index is 1.65. The minimum Gasteiger partial charge on any atom is -0.494 e. The van der Waals surface area contributed by atoms with E-state index in [-0.39, 0.29) is 23.0 Å². The Morgan fingerprint density at radius 1 is 1.00 bits per heavy atom. The molecule has 0 aliphatic heterocycles. The smallest absolute Gasteiger partial charge is 0.262 e. The molecule has 0 amide bonds. The summed E-state index contributed by atoms with van der Waals surface area (Å²) in [6.45, 7) is 0. The molecule has 1 aromatic heterocycles. The fraction of sp³-hybridized carbons (Fsp3) is 0.391. The molecular weight excluding hydrogens is 368 g/mol. The summed E-state index contributed by atoms with van der Waals surface area (Å²) < 4.78 is 6.10. The molecule has 1 aromatic carbocycles. The van der Waals surface area contributed by atoms with E-state index in [9.17, 15) is 14.4 Å². The van der Waals surface area contributed by atoms with Crippen LogP contribution in [0.3, 0.4) is 0 Å². The van der Waals surface area contributed by atoms with Crippen molar-refractivity contribution in [3.05, 3.63) is 63.8 Å². The molecule has 29 heavy (non-hydrogen) atoms. The fourth-order valence-corrected chi connectivity index (χ4v) is 4.00. The lowest BCUT2D eigenvalue weighted by molar-refractivity contribution is -0.116. The maximum Gasteiger partial charge on any atom is 0.262 e. The Bertz CT molecular complexity index is 1000. The molecule has 1 saturated carbocycles. The molecule has 2 aliphatic rings. The van der Waals surface area contributed by atoms with Gasteiger partial charge in [-0.1, -0.05) is 36.8 Å². The lowest BCUT2D eigenvalue weighted by Crippen LogP contribution is -2.28. The average Bonchev–Trinajstić information content (AvgIpc) is 2.75. The average molecular weight is 392 g/mol. The first-order valence-electron chi connectivity index (χ1n) is 10.3. The van der Waals surface area contributed by atoms with Crippen LogP contribution in [0.25, 0.3) is 11.4 Å². The molecule has 2 aromatic rings. The summed E-state index contributed by atoms with van der Waals surface area (Å²) in [6.07, 6.45) is 8.08. The molecule has 0 radical (unpaired) electrons. The van der Waals surface area contributed by atoms with Crippen LogP contribution in [0.2, 0.25) is 0 Å². The van der Waals surface area contributed by atoms with Crippen molar-refractivity contribution < 1.29 is 14.3 Å². The van der Waals surface area contributed by atoms with Gasteiger partial charge in [0.05, 0.1) is 6.10 Å². The molecule has 2 aliphatic carbocycles. The number of rotatable bonds is 5. The van der Waals surface area contributed by atoms with Crippen LogP contribution in [-0.4, -0.2) is 27.6 Å². The van der Waals surface area contributed by atoms with Crippen molar-refractivity contribution in [1.29, 1.82) is 0 Å². The van der Waals surface area contributed by atoms with Crippen LogP contribution in [0, 0.1) is 0 Å². The second-order valence-electron chi connectivity index (χ2n) is 7.62. The summed E-state index contributed by atoms with van der Waals surface area (Å²) in [7, 11) is 0. The van der Waals surface area contributed by atoms with Gasteiger partial charge in [0.1, 0.15) is 22.7 Å². The number of H-pyrrole nitrogens is 1. The minimum atomic E-state index is -0.589. The third kappa shape index (κ3) is 4.21. The van der Waals surface area contributed by atoms with E-state index in [1.807, 2.05) is 30.3 Å². The summed E-state index contributed by atoms with van der Waals surface area (Å²) >= 11 is 0. The van der Waals surface area contributed by atoms with Crippen LogP contribution in [0.1, 0.15) is 61.7 Å². The van der Waals surface area contributed by atoms with E-state index in [0.29, 0.717) is 30.8 Å². The Kier molecular flexibility index (Phi) is 5.69. The molecule has 0 saturated heterocycles. The summed E-state index contributed by atoms with van der Waals surface area (Å²) in [4.78, 5) is 45.2. The number of carbonyl (C=O) groups excluding carboxylic acids is 2. The van der Waals surface area contributed by atoms with E-state index < -0.39 is 11.3 Å². The molecular formula is C23H24N2O4. The number of aromatic amines is 1. The second-order valence-corrected chi connectivity index (χ2v) is 7.62. The fourth-order valence-electron chi connectivity index (χ4n) is 4.00. The van der Waals surface area contributed by atoms with Crippen LogP contribution >= 0.6 is 0 Å². The Hall–Kier alpha value is -3.02. The number of Topliss-reactive ketones (excluding diaryl/α,β-unsaturated/α-hetero) is 2. The van der Waals surface area contributed by atoms with Crippen LogP contribution < -0.4 is 5.56 Å². The van der Waals surface area contributed by atoms with Gasteiger partial charge in [-0.25, -0.2) is 4.98 Å². The highest BCUT2D eigenvalue weighted by Gasteiger charge is 2.31. The van der Waals surface area contributed by atoms with Gasteiger partial charge >= 0.3 is 0 Å². The van der Waals surface area contributed by atoms with Gasteiger partial charge in [-0.15, -0.1) is 0 Å².